The van der Waals surface area contributed by atoms with Gasteiger partial charge in [0.2, 0.25) is 5.90 Å². The molecule has 0 saturated heterocycles. The van der Waals surface area contributed by atoms with Crippen molar-refractivity contribution in [2.24, 2.45) is 4.99 Å². The van der Waals surface area contributed by atoms with Crippen molar-refractivity contribution in [3.63, 3.8) is 0 Å². The van der Waals surface area contributed by atoms with E-state index in [1.54, 1.807) is 12.1 Å². The Bertz CT molecular complexity index is 920. The van der Waals surface area contributed by atoms with E-state index in [4.69, 9.17) is 9.47 Å². The largest absolute Gasteiger partial charge is 0.493 e. The van der Waals surface area contributed by atoms with Gasteiger partial charge in [0.05, 0.1) is 28.7 Å². The summed E-state index contributed by atoms with van der Waals surface area (Å²) < 4.78 is 11.4. The number of aliphatic imine (C=N–C) groups is 1. The first-order valence-electron chi connectivity index (χ1n) is 11.1. The van der Waals surface area contributed by atoms with E-state index in [9.17, 15) is 10.1 Å². The van der Waals surface area contributed by atoms with E-state index in [0.29, 0.717) is 30.4 Å². The summed E-state index contributed by atoms with van der Waals surface area (Å²) in [6.45, 7) is 7.38. The van der Waals surface area contributed by atoms with Crippen LogP contribution in [0.1, 0.15) is 64.9 Å². The van der Waals surface area contributed by atoms with Crippen LogP contribution >= 0.6 is 0 Å². The molecule has 0 aliphatic carbocycles. The first-order valence-corrected chi connectivity index (χ1v) is 11.1. The second-order valence-electron chi connectivity index (χ2n) is 8.65. The molecule has 2 aromatic rings. The van der Waals surface area contributed by atoms with E-state index >= 15 is 0 Å². The normalized spacial score (nSPS) is 14.7. The number of hydrogen-bond acceptors (Lipinski definition) is 5. The van der Waals surface area contributed by atoms with Crippen LogP contribution in [0.15, 0.2) is 47.5 Å². The highest BCUT2D eigenvalue weighted by Gasteiger charge is 2.27. The molecule has 3 rings (SSSR count). The van der Waals surface area contributed by atoms with Crippen molar-refractivity contribution in [1.29, 1.82) is 0 Å². The Morgan fingerprint density at radius 1 is 1.03 bits per heavy atom. The molecule has 0 spiro atoms. The Morgan fingerprint density at radius 2 is 1.71 bits per heavy atom. The Labute approximate surface area is 184 Å². The molecule has 0 saturated carbocycles. The van der Waals surface area contributed by atoms with Crippen molar-refractivity contribution in [3.8, 4) is 16.9 Å². The summed E-state index contributed by atoms with van der Waals surface area (Å²) in [6.07, 6.45) is 7.06. The Hall–Kier alpha value is -2.89. The van der Waals surface area contributed by atoms with Crippen LogP contribution in [-0.4, -0.2) is 29.6 Å². The third-order valence-corrected chi connectivity index (χ3v) is 5.34. The van der Waals surface area contributed by atoms with E-state index in [1.165, 1.54) is 31.7 Å². The molecule has 31 heavy (non-hydrogen) atoms. The molecule has 1 aliphatic rings. The Morgan fingerprint density at radius 3 is 2.35 bits per heavy atom. The van der Waals surface area contributed by atoms with Crippen LogP contribution in [0.2, 0.25) is 0 Å². The molecule has 6 heteroatoms. The molecule has 0 radical (unpaired) electrons. The Balaban J connectivity index is 1.66. The number of unbranched alkanes of at least 4 members (excludes halogenated alkanes) is 5. The van der Waals surface area contributed by atoms with Gasteiger partial charge in [-0.15, -0.1) is 0 Å². The molecular formula is C25H32N2O4. The molecule has 0 unspecified atom stereocenters. The molecular weight excluding hydrogens is 392 g/mol. The lowest BCUT2D eigenvalue weighted by Crippen LogP contribution is -2.17. The number of rotatable bonds is 11. The zero-order valence-electron chi connectivity index (χ0n) is 18.7. The van der Waals surface area contributed by atoms with Gasteiger partial charge in [-0.05, 0) is 50.1 Å². The lowest BCUT2D eigenvalue weighted by Gasteiger charge is -2.09. The number of nitro benzene ring substituents is 1. The minimum atomic E-state index is -0.354. The first kappa shape index (κ1) is 22.8. The van der Waals surface area contributed by atoms with Gasteiger partial charge in [0.1, 0.15) is 12.4 Å². The standard InChI is InChI=1S/C25H32N2O4/c1-4-5-6-7-8-9-16-30-21-14-15-22(23(17-21)27(28)29)19-10-12-20(13-11-19)24-26-25(2,3)18-31-24/h10-15,17H,4-9,16,18H2,1-3H3. The second-order valence-corrected chi connectivity index (χ2v) is 8.65. The van der Waals surface area contributed by atoms with Crippen LogP contribution in [0.3, 0.4) is 0 Å². The summed E-state index contributed by atoms with van der Waals surface area (Å²) in [7, 11) is 0. The van der Waals surface area contributed by atoms with Gasteiger partial charge in [0, 0.05) is 5.56 Å². The molecule has 1 aliphatic heterocycles. The van der Waals surface area contributed by atoms with E-state index in [0.717, 1.165) is 24.0 Å². The van der Waals surface area contributed by atoms with Crippen molar-refractivity contribution in [2.45, 2.75) is 64.8 Å². The molecule has 0 atom stereocenters. The third-order valence-electron chi connectivity index (χ3n) is 5.34. The fourth-order valence-corrected chi connectivity index (χ4v) is 3.59. The average molecular weight is 425 g/mol. The predicted octanol–water partition coefficient (Wildman–Crippen LogP) is 6.56. The predicted molar refractivity (Wildman–Crippen MR) is 124 cm³/mol. The SMILES string of the molecule is CCCCCCCCOc1ccc(-c2ccc(C3=NC(C)(C)CO3)cc2)c([N+](=O)[O-])c1. The minimum Gasteiger partial charge on any atom is -0.493 e. The summed E-state index contributed by atoms with van der Waals surface area (Å²) in [5, 5.41) is 11.7. The fraction of sp³-hybridized carbons (Fsp3) is 0.480. The summed E-state index contributed by atoms with van der Waals surface area (Å²) >= 11 is 0. The van der Waals surface area contributed by atoms with Crippen LogP contribution < -0.4 is 4.74 Å². The van der Waals surface area contributed by atoms with Crippen molar-refractivity contribution in [2.75, 3.05) is 13.2 Å². The fourth-order valence-electron chi connectivity index (χ4n) is 3.59. The van der Waals surface area contributed by atoms with Gasteiger partial charge < -0.3 is 9.47 Å². The molecule has 166 valence electrons. The quantitative estimate of drug-likeness (QED) is 0.233. The summed E-state index contributed by atoms with van der Waals surface area (Å²) in [5.74, 6) is 1.15. The van der Waals surface area contributed by atoms with Crippen LogP contribution in [0.25, 0.3) is 11.1 Å². The molecule has 6 nitrogen and oxygen atoms in total. The highest BCUT2D eigenvalue weighted by molar-refractivity contribution is 5.96. The van der Waals surface area contributed by atoms with E-state index in [2.05, 4.69) is 11.9 Å². The van der Waals surface area contributed by atoms with Gasteiger partial charge >= 0.3 is 0 Å². The molecule has 0 fully saturated rings. The number of nitro groups is 1. The van der Waals surface area contributed by atoms with Gasteiger partial charge in [-0.25, -0.2) is 4.99 Å². The van der Waals surface area contributed by atoms with Gasteiger partial charge in [0.25, 0.3) is 5.69 Å². The minimum absolute atomic E-state index is 0.0452. The zero-order chi connectivity index (χ0) is 22.3. The maximum absolute atomic E-state index is 11.7. The topological polar surface area (TPSA) is 74.0 Å². The first-order chi connectivity index (χ1) is 14.9. The molecule has 1 heterocycles. The maximum atomic E-state index is 11.7. The monoisotopic (exact) mass is 424 g/mol. The molecule has 0 N–H and O–H groups in total. The number of benzene rings is 2. The molecule has 2 aromatic carbocycles. The van der Waals surface area contributed by atoms with Crippen LogP contribution in [0, 0.1) is 10.1 Å². The van der Waals surface area contributed by atoms with E-state index in [-0.39, 0.29) is 16.1 Å². The van der Waals surface area contributed by atoms with Gasteiger partial charge in [0.15, 0.2) is 0 Å². The Kier molecular flexibility index (Phi) is 7.66. The van der Waals surface area contributed by atoms with Crippen molar-refractivity contribution >= 4 is 11.6 Å². The number of hydrogen-bond donors (Lipinski definition) is 0. The lowest BCUT2D eigenvalue weighted by molar-refractivity contribution is -0.384. The van der Waals surface area contributed by atoms with E-state index < -0.39 is 0 Å². The summed E-state index contributed by atoms with van der Waals surface area (Å²) in [5.41, 5.74) is 2.03. The highest BCUT2D eigenvalue weighted by Crippen LogP contribution is 2.34. The van der Waals surface area contributed by atoms with Crippen molar-refractivity contribution in [3.05, 3.63) is 58.1 Å². The van der Waals surface area contributed by atoms with Crippen LogP contribution in [-0.2, 0) is 4.74 Å². The molecule has 0 bridgehead atoms. The van der Waals surface area contributed by atoms with Crippen molar-refractivity contribution in [1.82, 2.24) is 0 Å². The zero-order valence-corrected chi connectivity index (χ0v) is 18.7. The third kappa shape index (κ3) is 6.29. The van der Waals surface area contributed by atoms with Crippen LogP contribution in [0.5, 0.6) is 5.75 Å². The van der Waals surface area contributed by atoms with Gasteiger partial charge in [-0.2, -0.15) is 0 Å². The molecule has 0 aromatic heterocycles. The number of nitrogens with zero attached hydrogens (tertiary/aromatic N) is 2. The van der Waals surface area contributed by atoms with E-state index in [1.807, 2.05) is 38.1 Å². The van der Waals surface area contributed by atoms with Crippen LogP contribution in [0.4, 0.5) is 5.69 Å². The highest BCUT2D eigenvalue weighted by atomic mass is 16.6. The van der Waals surface area contributed by atoms with Crippen molar-refractivity contribution < 1.29 is 14.4 Å². The average Bonchev–Trinajstić information content (AvgIpc) is 3.13. The van der Waals surface area contributed by atoms with Gasteiger partial charge in [-0.3, -0.25) is 10.1 Å². The number of ether oxygens (including phenoxy) is 2. The smallest absolute Gasteiger partial charge is 0.280 e. The second kappa shape index (κ2) is 10.4. The summed E-state index contributed by atoms with van der Waals surface area (Å²) in [6, 6.07) is 12.6. The summed E-state index contributed by atoms with van der Waals surface area (Å²) in [4.78, 5) is 15.9. The molecule has 0 amide bonds. The van der Waals surface area contributed by atoms with Gasteiger partial charge in [-0.1, -0.05) is 51.2 Å². The maximum Gasteiger partial charge on any atom is 0.280 e. The lowest BCUT2D eigenvalue weighted by atomic mass is 10.0.